The van der Waals surface area contributed by atoms with Crippen LogP contribution in [0.3, 0.4) is 0 Å². The van der Waals surface area contributed by atoms with Crippen molar-refractivity contribution < 1.29 is 18.0 Å². The number of hydrogen-bond acceptors (Lipinski definition) is 4. The Hall–Kier alpha value is -2.88. The van der Waals surface area contributed by atoms with E-state index in [1.54, 1.807) is 29.2 Å². The molecule has 0 spiro atoms. The van der Waals surface area contributed by atoms with Crippen molar-refractivity contribution in [1.82, 2.24) is 10.2 Å². The van der Waals surface area contributed by atoms with Gasteiger partial charge in [-0.2, -0.15) is 0 Å². The van der Waals surface area contributed by atoms with Gasteiger partial charge in [0.25, 0.3) is 0 Å². The van der Waals surface area contributed by atoms with E-state index in [2.05, 4.69) is 21.2 Å². The van der Waals surface area contributed by atoms with Crippen molar-refractivity contribution in [3.05, 3.63) is 99.5 Å². The van der Waals surface area contributed by atoms with E-state index >= 15 is 0 Å². The van der Waals surface area contributed by atoms with Crippen LogP contribution in [0.5, 0.6) is 0 Å². The van der Waals surface area contributed by atoms with Gasteiger partial charge in [0, 0.05) is 42.0 Å². The molecule has 0 aliphatic carbocycles. The number of nitrogens with zero attached hydrogens (tertiary/aromatic N) is 2. The summed E-state index contributed by atoms with van der Waals surface area (Å²) in [6, 6.07) is 23.0. The Kier molecular flexibility index (Phi) is 11.4. The molecule has 3 aromatic carbocycles. The Morgan fingerprint density at radius 1 is 0.974 bits per heavy atom. The summed E-state index contributed by atoms with van der Waals surface area (Å²) < 4.78 is 27.2. The van der Waals surface area contributed by atoms with Gasteiger partial charge >= 0.3 is 0 Å². The fourth-order valence-corrected chi connectivity index (χ4v) is 5.83. The van der Waals surface area contributed by atoms with Crippen molar-refractivity contribution in [2.75, 3.05) is 23.7 Å². The maximum Gasteiger partial charge on any atom is 0.243 e. The van der Waals surface area contributed by atoms with Gasteiger partial charge in [-0.05, 0) is 60.9 Å². The van der Waals surface area contributed by atoms with Crippen LogP contribution in [-0.2, 0) is 32.6 Å². The topological polar surface area (TPSA) is 86.8 Å². The maximum absolute atomic E-state index is 13.7. The highest BCUT2D eigenvalue weighted by molar-refractivity contribution is 9.10. The quantitative estimate of drug-likeness (QED) is 0.272. The molecule has 2 amide bonds. The predicted octanol–water partition coefficient (Wildman–Crippen LogP) is 5.42. The average molecular weight is 635 g/mol. The van der Waals surface area contributed by atoms with Gasteiger partial charge in [0.2, 0.25) is 21.8 Å². The number of anilines is 1. The number of likely N-dealkylation sites (N-methyl/N-ethyl adjacent to an activating group) is 1. The number of carbonyl (C=O) groups excluding carboxylic acids is 2. The van der Waals surface area contributed by atoms with E-state index in [-0.39, 0.29) is 37.7 Å². The van der Waals surface area contributed by atoms with Crippen LogP contribution in [0.4, 0.5) is 5.69 Å². The number of carbonyl (C=O) groups is 2. The maximum atomic E-state index is 13.7. The molecule has 0 aliphatic rings. The van der Waals surface area contributed by atoms with E-state index in [0.29, 0.717) is 23.7 Å². The molecule has 1 N–H and O–H groups in total. The minimum atomic E-state index is -3.58. The largest absolute Gasteiger partial charge is 0.355 e. The second kappa shape index (κ2) is 14.5. The molecule has 0 radical (unpaired) electrons. The molecule has 1 atom stereocenters. The minimum absolute atomic E-state index is 0.0678. The lowest BCUT2D eigenvalue weighted by Gasteiger charge is -2.32. The molecule has 0 saturated heterocycles. The van der Waals surface area contributed by atoms with Crippen molar-refractivity contribution in [1.29, 1.82) is 0 Å². The van der Waals surface area contributed by atoms with Crippen molar-refractivity contribution >= 4 is 55.1 Å². The average Bonchev–Trinajstić information content (AvgIpc) is 2.89. The van der Waals surface area contributed by atoms with Crippen LogP contribution in [0.15, 0.2) is 83.3 Å². The van der Waals surface area contributed by atoms with Crippen LogP contribution in [-0.4, -0.2) is 50.5 Å². The van der Waals surface area contributed by atoms with E-state index in [0.717, 1.165) is 21.9 Å². The van der Waals surface area contributed by atoms with Crippen LogP contribution in [0.25, 0.3) is 0 Å². The summed E-state index contributed by atoms with van der Waals surface area (Å²) in [5, 5.41) is 3.38. The third-order valence-electron chi connectivity index (χ3n) is 6.13. The number of sulfonamides is 1. The van der Waals surface area contributed by atoms with Crippen LogP contribution >= 0.6 is 27.5 Å². The Morgan fingerprint density at radius 3 is 2.26 bits per heavy atom. The van der Waals surface area contributed by atoms with Crippen LogP contribution in [0.1, 0.15) is 30.9 Å². The lowest BCUT2D eigenvalue weighted by atomic mass is 10.0. The molecule has 0 bridgehead atoms. The highest BCUT2D eigenvalue weighted by Gasteiger charge is 2.30. The Balaban J connectivity index is 1.85. The van der Waals surface area contributed by atoms with Crippen molar-refractivity contribution in [3.8, 4) is 0 Å². The minimum Gasteiger partial charge on any atom is -0.355 e. The van der Waals surface area contributed by atoms with Gasteiger partial charge in [0.15, 0.2) is 0 Å². The molecular formula is C29H33BrClN3O4S. The summed E-state index contributed by atoms with van der Waals surface area (Å²) in [5.41, 5.74) is 2.29. The molecule has 10 heteroatoms. The molecule has 39 heavy (non-hydrogen) atoms. The fraction of sp³-hybridized carbons (Fsp3) is 0.310. The molecule has 0 heterocycles. The van der Waals surface area contributed by atoms with Crippen LogP contribution in [0.2, 0.25) is 5.02 Å². The van der Waals surface area contributed by atoms with Gasteiger partial charge in [-0.25, -0.2) is 8.42 Å². The zero-order valence-corrected chi connectivity index (χ0v) is 25.2. The molecular weight excluding hydrogens is 602 g/mol. The summed E-state index contributed by atoms with van der Waals surface area (Å²) in [6.45, 7) is 2.63. The fourth-order valence-electron chi connectivity index (χ4n) is 4.29. The predicted molar refractivity (Wildman–Crippen MR) is 160 cm³/mol. The van der Waals surface area contributed by atoms with Gasteiger partial charge in [-0.3, -0.25) is 13.9 Å². The molecule has 208 valence electrons. The highest BCUT2D eigenvalue weighted by Crippen LogP contribution is 2.22. The standard InChI is InChI=1S/C29H33BrClN3O4S/c1-3-32-29(36)27(20-22-9-5-4-6-10-22)33(21-23-11-7-12-24(30)19-23)28(35)13-8-18-34(39(2,37)38)26-16-14-25(31)15-17-26/h4-7,9-12,14-17,19,27H,3,8,13,18,20-21H2,1-2H3,(H,32,36). The first-order valence-electron chi connectivity index (χ1n) is 12.7. The normalized spacial score (nSPS) is 12.0. The number of nitrogens with one attached hydrogen (secondary N) is 1. The number of amides is 2. The van der Waals surface area contributed by atoms with E-state index in [4.69, 9.17) is 11.6 Å². The number of hydrogen-bond donors (Lipinski definition) is 1. The summed E-state index contributed by atoms with van der Waals surface area (Å²) in [6.07, 6.45) is 1.83. The summed E-state index contributed by atoms with van der Waals surface area (Å²) in [5.74, 6) is -0.463. The summed E-state index contributed by atoms with van der Waals surface area (Å²) in [7, 11) is -3.58. The molecule has 0 aliphatic heterocycles. The van der Waals surface area contributed by atoms with Gasteiger partial charge in [0.1, 0.15) is 6.04 Å². The Labute approximate surface area is 244 Å². The third-order valence-corrected chi connectivity index (χ3v) is 8.07. The Morgan fingerprint density at radius 2 is 1.64 bits per heavy atom. The lowest BCUT2D eigenvalue weighted by Crippen LogP contribution is -2.50. The first-order chi connectivity index (χ1) is 18.6. The second-order valence-electron chi connectivity index (χ2n) is 9.17. The smallest absolute Gasteiger partial charge is 0.243 e. The second-order valence-corrected chi connectivity index (χ2v) is 12.4. The summed E-state index contributed by atoms with van der Waals surface area (Å²) in [4.78, 5) is 28.6. The first-order valence-corrected chi connectivity index (χ1v) is 15.7. The molecule has 0 saturated carbocycles. The van der Waals surface area contributed by atoms with E-state index < -0.39 is 16.1 Å². The van der Waals surface area contributed by atoms with Gasteiger partial charge in [-0.1, -0.05) is 70.0 Å². The molecule has 0 aromatic heterocycles. The van der Waals surface area contributed by atoms with Gasteiger partial charge in [0.05, 0.1) is 11.9 Å². The van der Waals surface area contributed by atoms with E-state index in [9.17, 15) is 18.0 Å². The molecule has 7 nitrogen and oxygen atoms in total. The summed E-state index contributed by atoms with van der Waals surface area (Å²) >= 11 is 9.45. The zero-order chi connectivity index (χ0) is 28.4. The van der Waals surface area contributed by atoms with Crippen molar-refractivity contribution in [2.45, 2.75) is 38.8 Å². The Bertz CT molecular complexity index is 1350. The van der Waals surface area contributed by atoms with Crippen LogP contribution in [0, 0.1) is 0 Å². The molecule has 0 fully saturated rings. The molecule has 3 rings (SSSR count). The monoisotopic (exact) mass is 633 g/mol. The number of benzene rings is 3. The molecule has 3 aromatic rings. The third kappa shape index (κ3) is 9.37. The van der Waals surface area contributed by atoms with Gasteiger partial charge in [-0.15, -0.1) is 0 Å². The van der Waals surface area contributed by atoms with E-state index in [1.807, 2.05) is 61.5 Å². The lowest BCUT2D eigenvalue weighted by molar-refractivity contribution is -0.141. The number of halogens is 2. The van der Waals surface area contributed by atoms with E-state index in [1.165, 1.54) is 4.31 Å². The molecule has 1 unspecified atom stereocenters. The highest BCUT2D eigenvalue weighted by atomic mass is 79.9. The first kappa shape index (κ1) is 30.7. The number of rotatable bonds is 13. The zero-order valence-electron chi connectivity index (χ0n) is 22.0. The van der Waals surface area contributed by atoms with Gasteiger partial charge < -0.3 is 10.2 Å². The SMILES string of the molecule is CCNC(=O)C(Cc1ccccc1)N(Cc1cccc(Br)c1)C(=O)CCCN(c1ccc(Cl)cc1)S(C)(=O)=O. The van der Waals surface area contributed by atoms with Crippen LogP contribution < -0.4 is 9.62 Å². The van der Waals surface area contributed by atoms with Crippen molar-refractivity contribution in [3.63, 3.8) is 0 Å². The van der Waals surface area contributed by atoms with Crippen molar-refractivity contribution in [2.24, 2.45) is 0 Å².